The Hall–Kier alpha value is -2.74. The van der Waals surface area contributed by atoms with Crippen LogP contribution in [0.5, 0.6) is 0 Å². The predicted molar refractivity (Wildman–Crippen MR) is 77.5 cm³/mol. The fourth-order valence-electron chi connectivity index (χ4n) is 1.81. The Labute approximate surface area is 135 Å². The summed E-state index contributed by atoms with van der Waals surface area (Å²) in [5, 5.41) is 3.12. The molecule has 1 aromatic rings. The predicted octanol–water partition coefficient (Wildman–Crippen LogP) is 2.91. The van der Waals surface area contributed by atoms with E-state index in [1.165, 1.54) is 12.1 Å². The molecule has 130 valence electrons. The molecule has 0 aromatic heterocycles. The molecule has 0 saturated carbocycles. The highest BCUT2D eigenvalue weighted by Crippen LogP contribution is 2.29. The zero-order valence-corrected chi connectivity index (χ0v) is 12.8. The van der Waals surface area contributed by atoms with E-state index in [-0.39, 0.29) is 13.2 Å². The van der Waals surface area contributed by atoms with Crippen LogP contribution in [0.3, 0.4) is 0 Å². The van der Waals surface area contributed by atoms with Crippen LogP contribution < -0.4 is 0 Å². The van der Waals surface area contributed by atoms with E-state index in [2.05, 4.69) is 10.0 Å². The van der Waals surface area contributed by atoms with Crippen LogP contribution in [-0.4, -0.2) is 36.5 Å². The number of hydrogen-bond acceptors (Lipinski definition) is 4. The van der Waals surface area contributed by atoms with Crippen molar-refractivity contribution in [1.29, 1.82) is 0 Å². The minimum Gasteiger partial charge on any atom is -0.465 e. The minimum atomic E-state index is -4.46. The fourth-order valence-corrected chi connectivity index (χ4v) is 1.81. The summed E-state index contributed by atoms with van der Waals surface area (Å²) in [5.41, 5.74) is 7.82. The van der Waals surface area contributed by atoms with Gasteiger partial charge in [-0.25, -0.2) is 0 Å². The molecule has 0 radical (unpaired) electrons. The third-order valence-electron chi connectivity index (χ3n) is 2.90. The highest BCUT2D eigenvalue weighted by atomic mass is 19.4. The molecule has 0 spiro atoms. The molecule has 1 amide bonds. The first kappa shape index (κ1) is 19.3. The van der Waals surface area contributed by atoms with Crippen molar-refractivity contribution in [1.82, 2.24) is 4.90 Å². The van der Waals surface area contributed by atoms with Crippen molar-refractivity contribution >= 4 is 11.9 Å². The van der Waals surface area contributed by atoms with E-state index in [0.717, 1.165) is 17.0 Å². The van der Waals surface area contributed by atoms with Gasteiger partial charge in [-0.2, -0.15) is 13.2 Å². The molecule has 0 aliphatic heterocycles. The average molecular weight is 344 g/mol. The third-order valence-corrected chi connectivity index (χ3v) is 2.90. The Kier molecular flexibility index (Phi) is 7.06. The molecule has 0 saturated heterocycles. The first-order valence-electron chi connectivity index (χ1n) is 6.88. The van der Waals surface area contributed by atoms with Gasteiger partial charge < -0.3 is 9.64 Å². The summed E-state index contributed by atoms with van der Waals surface area (Å²) in [7, 11) is 0. The van der Waals surface area contributed by atoms with E-state index < -0.39 is 36.7 Å². The second-order valence-electron chi connectivity index (χ2n) is 4.64. The number of carbonyl (C=O) groups excluding carboxylic acids is 2. The molecule has 0 heterocycles. The lowest BCUT2D eigenvalue weighted by Gasteiger charge is -2.21. The maximum Gasteiger partial charge on any atom is 0.416 e. The van der Waals surface area contributed by atoms with Crippen molar-refractivity contribution in [2.75, 3.05) is 19.7 Å². The summed E-state index contributed by atoms with van der Waals surface area (Å²) in [5.74, 6) is -1.31. The Bertz CT molecular complexity index is 625. The number of carbonyl (C=O) groups is 2. The SMILES string of the molecule is CCOC(=O)CN(Cc1ccc(C(F)(F)F)cc1)C(=O)CN=[N+]=[N-]. The van der Waals surface area contributed by atoms with E-state index in [1.807, 2.05) is 0 Å². The van der Waals surface area contributed by atoms with Crippen molar-refractivity contribution < 1.29 is 27.5 Å². The zero-order valence-electron chi connectivity index (χ0n) is 12.8. The Morgan fingerprint density at radius 1 is 1.29 bits per heavy atom. The number of esters is 1. The molecule has 0 N–H and O–H groups in total. The molecule has 1 rings (SSSR count). The number of azide groups is 1. The minimum absolute atomic E-state index is 0.114. The average Bonchev–Trinajstić information content (AvgIpc) is 2.52. The molecule has 0 atom stereocenters. The first-order valence-corrected chi connectivity index (χ1v) is 6.88. The van der Waals surface area contributed by atoms with Crippen molar-refractivity contribution in [2.24, 2.45) is 5.11 Å². The van der Waals surface area contributed by atoms with Crippen LogP contribution in [0.25, 0.3) is 10.4 Å². The van der Waals surface area contributed by atoms with Gasteiger partial charge in [0.2, 0.25) is 5.91 Å². The van der Waals surface area contributed by atoms with Crippen LogP contribution >= 0.6 is 0 Å². The summed E-state index contributed by atoms with van der Waals surface area (Å²) in [6.45, 7) is 0.708. The summed E-state index contributed by atoms with van der Waals surface area (Å²) >= 11 is 0. The van der Waals surface area contributed by atoms with Gasteiger partial charge in [-0.05, 0) is 30.2 Å². The van der Waals surface area contributed by atoms with E-state index in [0.29, 0.717) is 5.56 Å². The van der Waals surface area contributed by atoms with E-state index in [9.17, 15) is 22.8 Å². The number of ether oxygens (including phenoxy) is 1. The lowest BCUT2D eigenvalue weighted by molar-refractivity contribution is -0.148. The monoisotopic (exact) mass is 344 g/mol. The van der Waals surface area contributed by atoms with Crippen LogP contribution in [0.4, 0.5) is 13.2 Å². The van der Waals surface area contributed by atoms with E-state index in [1.54, 1.807) is 6.92 Å². The highest BCUT2D eigenvalue weighted by Gasteiger charge is 2.30. The summed E-state index contributed by atoms with van der Waals surface area (Å²) in [6, 6.07) is 4.19. The van der Waals surface area contributed by atoms with Gasteiger partial charge in [0, 0.05) is 11.5 Å². The van der Waals surface area contributed by atoms with Crippen LogP contribution in [0.1, 0.15) is 18.1 Å². The number of amides is 1. The zero-order chi connectivity index (χ0) is 18.2. The summed E-state index contributed by atoms with van der Waals surface area (Å²) in [6.07, 6.45) is -4.46. The molecular weight excluding hydrogens is 329 g/mol. The molecule has 0 aliphatic carbocycles. The van der Waals surface area contributed by atoms with E-state index >= 15 is 0 Å². The second-order valence-corrected chi connectivity index (χ2v) is 4.64. The Balaban J connectivity index is 2.88. The lowest BCUT2D eigenvalue weighted by atomic mass is 10.1. The smallest absolute Gasteiger partial charge is 0.416 e. The fraction of sp³-hybridized carbons (Fsp3) is 0.429. The third kappa shape index (κ3) is 6.17. The number of hydrogen-bond donors (Lipinski definition) is 0. The van der Waals surface area contributed by atoms with Crippen LogP contribution in [0.15, 0.2) is 29.4 Å². The molecule has 1 aromatic carbocycles. The Morgan fingerprint density at radius 3 is 2.42 bits per heavy atom. The van der Waals surface area contributed by atoms with Gasteiger partial charge in [-0.1, -0.05) is 17.2 Å². The second kappa shape index (κ2) is 8.78. The highest BCUT2D eigenvalue weighted by molar-refractivity contribution is 5.83. The summed E-state index contributed by atoms with van der Waals surface area (Å²) in [4.78, 5) is 27.0. The van der Waals surface area contributed by atoms with Crippen LogP contribution in [0.2, 0.25) is 0 Å². The van der Waals surface area contributed by atoms with Crippen molar-refractivity contribution in [3.05, 3.63) is 45.8 Å². The van der Waals surface area contributed by atoms with Gasteiger partial charge in [-0.15, -0.1) is 0 Å². The van der Waals surface area contributed by atoms with Crippen LogP contribution in [0, 0.1) is 0 Å². The van der Waals surface area contributed by atoms with Gasteiger partial charge in [0.15, 0.2) is 0 Å². The van der Waals surface area contributed by atoms with Crippen molar-refractivity contribution in [3.8, 4) is 0 Å². The van der Waals surface area contributed by atoms with E-state index in [4.69, 9.17) is 10.3 Å². The maximum atomic E-state index is 12.5. The molecule has 7 nitrogen and oxygen atoms in total. The van der Waals surface area contributed by atoms with Crippen molar-refractivity contribution in [2.45, 2.75) is 19.6 Å². The van der Waals surface area contributed by atoms with Crippen LogP contribution in [-0.2, 0) is 27.0 Å². The van der Waals surface area contributed by atoms with Crippen molar-refractivity contribution in [3.63, 3.8) is 0 Å². The van der Waals surface area contributed by atoms with Gasteiger partial charge in [0.05, 0.1) is 12.2 Å². The topological polar surface area (TPSA) is 95.4 Å². The molecule has 24 heavy (non-hydrogen) atoms. The van der Waals surface area contributed by atoms with Gasteiger partial charge in [-0.3, -0.25) is 9.59 Å². The lowest BCUT2D eigenvalue weighted by Crippen LogP contribution is -2.37. The first-order chi connectivity index (χ1) is 11.3. The standard InChI is InChI=1S/C14H15F3N4O3/c1-2-24-13(23)9-21(12(22)7-19-20-18)8-10-3-5-11(6-4-10)14(15,16)17/h3-6H,2,7-9H2,1H3. The number of halogens is 3. The quantitative estimate of drug-likeness (QED) is 0.329. The molecule has 10 heteroatoms. The van der Waals surface area contributed by atoms with Gasteiger partial charge in [0.1, 0.15) is 13.1 Å². The number of alkyl halides is 3. The van der Waals surface area contributed by atoms with Gasteiger partial charge >= 0.3 is 12.1 Å². The number of nitrogens with zero attached hydrogens (tertiary/aromatic N) is 4. The number of benzene rings is 1. The molecule has 0 aliphatic rings. The largest absolute Gasteiger partial charge is 0.465 e. The molecular formula is C14H15F3N4O3. The summed E-state index contributed by atoms with van der Waals surface area (Å²) < 4.78 is 42.3. The maximum absolute atomic E-state index is 12.5. The number of rotatable bonds is 7. The van der Waals surface area contributed by atoms with Gasteiger partial charge in [0.25, 0.3) is 0 Å². The molecule has 0 bridgehead atoms. The molecule has 0 unspecified atom stereocenters. The molecule has 0 fully saturated rings. The normalized spacial score (nSPS) is 10.7. The Morgan fingerprint density at radius 2 is 1.92 bits per heavy atom.